The number of aliphatic imine (C=N–C) groups is 1. The molecule has 0 bridgehead atoms. The topological polar surface area (TPSA) is 24.4 Å². The van der Waals surface area contributed by atoms with Crippen LogP contribution in [0.5, 0.6) is 0 Å². The molecule has 1 saturated heterocycles. The van der Waals surface area contributed by atoms with Crippen LogP contribution in [0.25, 0.3) is 0 Å². The molecular weight excluding hydrogens is 240 g/mol. The van der Waals surface area contributed by atoms with Gasteiger partial charge in [0.15, 0.2) is 5.17 Å². The van der Waals surface area contributed by atoms with Gasteiger partial charge in [-0.2, -0.15) is 0 Å². The fraction of sp³-hybridized carbons (Fsp3) is 0.533. The third-order valence-corrected chi connectivity index (χ3v) is 4.57. The lowest BCUT2D eigenvalue weighted by Gasteiger charge is -2.13. The van der Waals surface area contributed by atoms with Gasteiger partial charge in [-0.3, -0.25) is 4.99 Å². The number of hydrogen-bond acceptors (Lipinski definition) is 2. The second-order valence-corrected chi connectivity index (χ2v) is 6.29. The van der Waals surface area contributed by atoms with Crippen LogP contribution in [-0.4, -0.2) is 17.5 Å². The normalized spacial score (nSPS) is 23.3. The molecule has 1 N–H and O–H groups in total. The van der Waals surface area contributed by atoms with Crippen molar-refractivity contribution in [1.29, 1.82) is 0 Å². The van der Waals surface area contributed by atoms with Crippen molar-refractivity contribution in [2.75, 3.05) is 12.3 Å². The summed E-state index contributed by atoms with van der Waals surface area (Å²) in [6.07, 6.45) is 0. The van der Waals surface area contributed by atoms with Crippen LogP contribution >= 0.6 is 11.8 Å². The van der Waals surface area contributed by atoms with Crippen molar-refractivity contribution in [3.63, 3.8) is 0 Å². The molecule has 3 heteroatoms. The molecule has 1 fully saturated rings. The van der Waals surface area contributed by atoms with Gasteiger partial charge in [-0.15, -0.1) is 0 Å². The zero-order valence-corrected chi connectivity index (χ0v) is 12.2. The van der Waals surface area contributed by atoms with Gasteiger partial charge >= 0.3 is 0 Å². The van der Waals surface area contributed by atoms with E-state index in [9.17, 15) is 0 Å². The average molecular weight is 262 g/mol. The molecule has 0 aliphatic carbocycles. The smallest absolute Gasteiger partial charge is 0.157 e. The Hall–Kier alpha value is -0.960. The zero-order chi connectivity index (χ0) is 13.0. The Kier molecular flexibility index (Phi) is 4.70. The molecule has 0 saturated carbocycles. The molecule has 0 aromatic heterocycles. The highest BCUT2D eigenvalue weighted by Crippen LogP contribution is 2.26. The summed E-state index contributed by atoms with van der Waals surface area (Å²) >= 11 is 1.84. The van der Waals surface area contributed by atoms with Crippen molar-refractivity contribution in [2.45, 2.75) is 26.8 Å². The van der Waals surface area contributed by atoms with Crippen LogP contribution < -0.4 is 5.32 Å². The summed E-state index contributed by atoms with van der Waals surface area (Å²) in [4.78, 5) is 4.69. The van der Waals surface area contributed by atoms with E-state index in [0.29, 0.717) is 17.9 Å². The molecule has 1 aromatic carbocycles. The second kappa shape index (κ2) is 6.28. The highest BCUT2D eigenvalue weighted by Gasteiger charge is 2.21. The fourth-order valence-electron chi connectivity index (χ4n) is 1.79. The molecular formula is C15H22N2S. The molecule has 1 aliphatic rings. The summed E-state index contributed by atoms with van der Waals surface area (Å²) in [6, 6.07) is 11.0. The number of rotatable bonds is 4. The molecule has 0 radical (unpaired) electrons. The monoisotopic (exact) mass is 262 g/mol. The third kappa shape index (κ3) is 3.52. The van der Waals surface area contributed by atoms with Gasteiger partial charge in [-0.25, -0.2) is 0 Å². The minimum atomic E-state index is 0.421. The highest BCUT2D eigenvalue weighted by atomic mass is 32.2. The van der Waals surface area contributed by atoms with E-state index in [4.69, 9.17) is 0 Å². The Morgan fingerprint density at radius 3 is 2.67 bits per heavy atom. The van der Waals surface area contributed by atoms with Gasteiger partial charge in [0.25, 0.3) is 0 Å². The number of benzene rings is 1. The second-order valence-electron chi connectivity index (χ2n) is 5.29. The molecule has 0 amide bonds. The lowest BCUT2D eigenvalue weighted by Crippen LogP contribution is -2.20. The van der Waals surface area contributed by atoms with E-state index in [0.717, 1.165) is 17.5 Å². The minimum absolute atomic E-state index is 0.421. The Bertz CT molecular complexity index is 400. The maximum Gasteiger partial charge on any atom is 0.157 e. The van der Waals surface area contributed by atoms with Gasteiger partial charge in [-0.1, -0.05) is 62.9 Å². The average Bonchev–Trinajstić information content (AvgIpc) is 2.85. The van der Waals surface area contributed by atoms with Gasteiger partial charge in [0.2, 0.25) is 0 Å². The lowest BCUT2D eigenvalue weighted by molar-refractivity contribution is 0.430. The number of nitrogens with zero attached hydrogens (tertiary/aromatic N) is 1. The maximum atomic E-state index is 4.69. The lowest BCUT2D eigenvalue weighted by atomic mass is 9.99. The Labute approximate surface area is 114 Å². The number of amidine groups is 1. The SMILES string of the molecule is CC(C)C(C)CN=C1NC(c2ccccc2)CS1. The molecule has 2 atom stereocenters. The van der Waals surface area contributed by atoms with Crippen LogP contribution in [0.2, 0.25) is 0 Å². The first kappa shape index (κ1) is 13.5. The number of thioether (sulfide) groups is 1. The quantitative estimate of drug-likeness (QED) is 0.894. The highest BCUT2D eigenvalue weighted by molar-refractivity contribution is 8.14. The molecule has 1 aromatic rings. The fourth-order valence-corrected chi connectivity index (χ4v) is 2.78. The number of nitrogens with one attached hydrogen (secondary N) is 1. The van der Waals surface area contributed by atoms with E-state index in [1.54, 1.807) is 0 Å². The van der Waals surface area contributed by atoms with E-state index in [1.807, 2.05) is 11.8 Å². The summed E-state index contributed by atoms with van der Waals surface area (Å²) in [5, 5.41) is 4.62. The summed E-state index contributed by atoms with van der Waals surface area (Å²) in [5.74, 6) is 2.43. The van der Waals surface area contributed by atoms with Crippen molar-refractivity contribution in [2.24, 2.45) is 16.8 Å². The Balaban J connectivity index is 1.90. The van der Waals surface area contributed by atoms with Crippen molar-refractivity contribution in [3.8, 4) is 0 Å². The van der Waals surface area contributed by atoms with Crippen LogP contribution in [0.3, 0.4) is 0 Å². The van der Waals surface area contributed by atoms with Gasteiger partial charge in [0, 0.05) is 12.3 Å². The van der Waals surface area contributed by atoms with Crippen LogP contribution in [0.4, 0.5) is 0 Å². The van der Waals surface area contributed by atoms with E-state index < -0.39 is 0 Å². The van der Waals surface area contributed by atoms with E-state index in [1.165, 1.54) is 5.56 Å². The summed E-state index contributed by atoms with van der Waals surface area (Å²) < 4.78 is 0. The van der Waals surface area contributed by atoms with Crippen molar-refractivity contribution >= 4 is 16.9 Å². The first-order valence-electron chi connectivity index (χ1n) is 6.65. The van der Waals surface area contributed by atoms with Gasteiger partial charge in [-0.05, 0) is 17.4 Å². The van der Waals surface area contributed by atoms with Gasteiger partial charge in [0.1, 0.15) is 0 Å². The van der Waals surface area contributed by atoms with Crippen LogP contribution in [0.15, 0.2) is 35.3 Å². The largest absolute Gasteiger partial charge is 0.357 e. The Morgan fingerprint density at radius 1 is 1.28 bits per heavy atom. The van der Waals surface area contributed by atoms with Crippen LogP contribution in [0, 0.1) is 11.8 Å². The summed E-state index contributed by atoms with van der Waals surface area (Å²) in [6.45, 7) is 7.71. The molecule has 1 aliphatic heterocycles. The zero-order valence-electron chi connectivity index (χ0n) is 11.4. The summed E-state index contributed by atoms with van der Waals surface area (Å²) in [7, 11) is 0. The molecule has 2 nitrogen and oxygen atoms in total. The standard InChI is InChI=1S/C15H22N2S/c1-11(2)12(3)9-16-15-17-14(10-18-15)13-7-5-4-6-8-13/h4-8,11-12,14H,9-10H2,1-3H3,(H,16,17). The van der Waals surface area contributed by atoms with Crippen molar-refractivity contribution in [3.05, 3.63) is 35.9 Å². The summed E-state index contributed by atoms with van der Waals surface area (Å²) in [5.41, 5.74) is 1.35. The predicted octanol–water partition coefficient (Wildman–Crippen LogP) is 3.71. The first-order valence-corrected chi connectivity index (χ1v) is 7.64. The molecule has 0 spiro atoms. The van der Waals surface area contributed by atoms with E-state index >= 15 is 0 Å². The first-order chi connectivity index (χ1) is 8.66. The van der Waals surface area contributed by atoms with E-state index in [-0.39, 0.29) is 0 Å². The molecule has 98 valence electrons. The third-order valence-electron chi connectivity index (χ3n) is 3.55. The number of hydrogen-bond donors (Lipinski definition) is 1. The molecule has 2 rings (SSSR count). The van der Waals surface area contributed by atoms with Gasteiger partial charge < -0.3 is 5.32 Å². The minimum Gasteiger partial charge on any atom is -0.357 e. The van der Waals surface area contributed by atoms with Gasteiger partial charge in [0.05, 0.1) is 6.04 Å². The maximum absolute atomic E-state index is 4.69. The van der Waals surface area contributed by atoms with Crippen molar-refractivity contribution < 1.29 is 0 Å². The van der Waals surface area contributed by atoms with Crippen molar-refractivity contribution in [1.82, 2.24) is 5.32 Å². The molecule has 18 heavy (non-hydrogen) atoms. The van der Waals surface area contributed by atoms with E-state index in [2.05, 4.69) is 61.4 Å². The van der Waals surface area contributed by atoms with Crippen LogP contribution in [-0.2, 0) is 0 Å². The molecule has 1 heterocycles. The van der Waals surface area contributed by atoms with Crippen LogP contribution in [0.1, 0.15) is 32.4 Å². The Morgan fingerprint density at radius 2 is 2.00 bits per heavy atom. The predicted molar refractivity (Wildman–Crippen MR) is 81.1 cm³/mol. The molecule has 2 unspecified atom stereocenters.